The van der Waals surface area contributed by atoms with Gasteiger partial charge >= 0.3 is 0 Å². The second-order valence-corrected chi connectivity index (χ2v) is 5.99. The highest BCUT2D eigenvalue weighted by molar-refractivity contribution is 8.00. The van der Waals surface area contributed by atoms with Crippen LogP contribution in [0.25, 0.3) is 0 Å². The van der Waals surface area contributed by atoms with Crippen LogP contribution in [0.2, 0.25) is 0 Å². The predicted octanol–water partition coefficient (Wildman–Crippen LogP) is 1.78. The maximum atomic E-state index is 11.9. The first-order chi connectivity index (χ1) is 8.65. The minimum atomic E-state index is -0.247. The number of amides is 1. The van der Waals surface area contributed by atoms with Gasteiger partial charge in [-0.2, -0.15) is 11.8 Å². The van der Waals surface area contributed by atoms with Crippen LogP contribution in [0.1, 0.15) is 36.0 Å². The van der Waals surface area contributed by atoms with Crippen molar-refractivity contribution in [2.24, 2.45) is 0 Å². The van der Waals surface area contributed by atoms with Crippen LogP contribution >= 0.6 is 11.8 Å². The summed E-state index contributed by atoms with van der Waals surface area (Å²) in [6.07, 6.45) is 8.39. The molecule has 1 aromatic heterocycles. The first kappa shape index (κ1) is 13.2. The van der Waals surface area contributed by atoms with Crippen LogP contribution in [-0.4, -0.2) is 28.4 Å². The molecule has 98 valence electrons. The van der Waals surface area contributed by atoms with Crippen LogP contribution in [0.3, 0.4) is 0 Å². The topological polar surface area (TPSA) is 62.0 Å². The van der Waals surface area contributed by atoms with E-state index in [1.54, 1.807) is 6.07 Å². The largest absolute Gasteiger partial charge is 0.351 e. The van der Waals surface area contributed by atoms with Crippen LogP contribution in [0.4, 0.5) is 0 Å². The van der Waals surface area contributed by atoms with Crippen LogP contribution < -0.4 is 10.9 Å². The van der Waals surface area contributed by atoms with Gasteiger partial charge in [0.15, 0.2) is 0 Å². The molecular weight excluding hydrogens is 248 g/mol. The molecule has 0 unspecified atom stereocenters. The van der Waals surface area contributed by atoms with Crippen molar-refractivity contribution in [2.75, 3.05) is 12.8 Å². The Morgan fingerprint density at radius 1 is 1.50 bits per heavy atom. The Morgan fingerprint density at radius 3 is 2.83 bits per heavy atom. The van der Waals surface area contributed by atoms with Gasteiger partial charge in [0.2, 0.25) is 5.56 Å². The first-order valence-electron chi connectivity index (χ1n) is 6.17. The number of aromatic nitrogens is 1. The van der Waals surface area contributed by atoms with Gasteiger partial charge in [-0.1, -0.05) is 12.8 Å². The highest BCUT2D eigenvalue weighted by Crippen LogP contribution is 2.39. The molecule has 1 aliphatic rings. The molecule has 2 rings (SSSR count). The number of rotatable bonds is 4. The third-order valence-corrected chi connectivity index (χ3v) is 4.97. The zero-order chi connectivity index (χ0) is 13.0. The maximum absolute atomic E-state index is 11.9. The van der Waals surface area contributed by atoms with E-state index in [2.05, 4.69) is 16.6 Å². The molecule has 1 heterocycles. The smallest absolute Gasteiger partial charge is 0.251 e. The van der Waals surface area contributed by atoms with E-state index >= 15 is 0 Å². The van der Waals surface area contributed by atoms with Gasteiger partial charge in [-0.3, -0.25) is 9.59 Å². The number of thioether (sulfide) groups is 1. The van der Waals surface area contributed by atoms with Crippen molar-refractivity contribution in [3.05, 3.63) is 34.2 Å². The Bertz CT molecular complexity index is 478. The Hall–Kier alpha value is -1.23. The van der Waals surface area contributed by atoms with E-state index in [1.165, 1.54) is 25.1 Å². The molecule has 1 saturated carbocycles. The maximum Gasteiger partial charge on any atom is 0.251 e. The summed E-state index contributed by atoms with van der Waals surface area (Å²) in [6, 6.07) is 2.95. The van der Waals surface area contributed by atoms with Crippen molar-refractivity contribution < 1.29 is 4.79 Å². The number of aromatic amines is 1. The molecule has 1 fully saturated rings. The monoisotopic (exact) mass is 266 g/mol. The Labute approximate surface area is 111 Å². The summed E-state index contributed by atoms with van der Waals surface area (Å²) in [5.41, 5.74) is 0.177. The average Bonchev–Trinajstić information content (AvgIpc) is 2.85. The van der Waals surface area contributed by atoms with Crippen LogP contribution in [0.5, 0.6) is 0 Å². The predicted molar refractivity (Wildman–Crippen MR) is 74.1 cm³/mol. The van der Waals surface area contributed by atoms with E-state index in [4.69, 9.17) is 0 Å². The van der Waals surface area contributed by atoms with Gasteiger partial charge in [0.1, 0.15) is 0 Å². The normalized spacial score (nSPS) is 17.6. The number of carbonyl (C=O) groups excluding carboxylic acids is 1. The number of hydrogen-bond acceptors (Lipinski definition) is 3. The van der Waals surface area contributed by atoms with E-state index in [9.17, 15) is 9.59 Å². The van der Waals surface area contributed by atoms with E-state index in [1.807, 2.05) is 11.8 Å². The summed E-state index contributed by atoms with van der Waals surface area (Å²) < 4.78 is 0.191. The SMILES string of the molecule is CSC1(CNC(=O)c2cc[nH]c(=O)c2)CCCC1. The Morgan fingerprint density at radius 2 is 2.22 bits per heavy atom. The van der Waals surface area contributed by atoms with E-state index in [0.29, 0.717) is 12.1 Å². The van der Waals surface area contributed by atoms with Gasteiger partial charge in [-0.05, 0) is 25.2 Å². The number of pyridine rings is 1. The van der Waals surface area contributed by atoms with Crippen LogP contribution in [0.15, 0.2) is 23.1 Å². The number of nitrogens with one attached hydrogen (secondary N) is 2. The minimum Gasteiger partial charge on any atom is -0.351 e. The standard InChI is InChI=1S/C13H18N2O2S/c1-18-13(5-2-3-6-13)9-15-12(17)10-4-7-14-11(16)8-10/h4,7-8H,2-3,5-6,9H2,1H3,(H,14,16)(H,15,17). The molecule has 4 nitrogen and oxygen atoms in total. The highest BCUT2D eigenvalue weighted by atomic mass is 32.2. The lowest BCUT2D eigenvalue weighted by Crippen LogP contribution is -2.38. The van der Waals surface area contributed by atoms with Crippen molar-refractivity contribution in [1.29, 1.82) is 0 Å². The van der Waals surface area contributed by atoms with E-state index < -0.39 is 0 Å². The van der Waals surface area contributed by atoms with Crippen molar-refractivity contribution >= 4 is 17.7 Å². The fraction of sp³-hybridized carbons (Fsp3) is 0.538. The molecule has 1 aliphatic carbocycles. The van der Waals surface area contributed by atoms with Crippen molar-refractivity contribution in [2.45, 2.75) is 30.4 Å². The number of carbonyl (C=O) groups is 1. The average molecular weight is 266 g/mol. The lowest BCUT2D eigenvalue weighted by Gasteiger charge is -2.26. The third kappa shape index (κ3) is 2.96. The van der Waals surface area contributed by atoms with E-state index in [-0.39, 0.29) is 16.2 Å². The molecule has 18 heavy (non-hydrogen) atoms. The lowest BCUT2D eigenvalue weighted by atomic mass is 10.1. The van der Waals surface area contributed by atoms with Gasteiger partial charge in [0, 0.05) is 29.1 Å². The lowest BCUT2D eigenvalue weighted by molar-refractivity contribution is 0.0949. The molecule has 0 aliphatic heterocycles. The summed E-state index contributed by atoms with van der Waals surface area (Å²) >= 11 is 1.84. The molecule has 0 atom stereocenters. The van der Waals surface area contributed by atoms with Gasteiger partial charge in [-0.15, -0.1) is 0 Å². The molecule has 0 spiro atoms. The van der Waals surface area contributed by atoms with Gasteiger partial charge in [0.25, 0.3) is 5.91 Å². The molecule has 0 aromatic carbocycles. The second kappa shape index (κ2) is 5.61. The molecule has 0 saturated heterocycles. The van der Waals surface area contributed by atoms with Crippen molar-refractivity contribution in [3.63, 3.8) is 0 Å². The van der Waals surface area contributed by atoms with Crippen molar-refractivity contribution in [1.82, 2.24) is 10.3 Å². The Balaban J connectivity index is 1.98. The first-order valence-corrected chi connectivity index (χ1v) is 7.40. The zero-order valence-corrected chi connectivity index (χ0v) is 11.3. The zero-order valence-electron chi connectivity index (χ0n) is 10.5. The van der Waals surface area contributed by atoms with Crippen molar-refractivity contribution in [3.8, 4) is 0 Å². The van der Waals surface area contributed by atoms with Crippen LogP contribution in [-0.2, 0) is 0 Å². The summed E-state index contributed by atoms with van der Waals surface area (Å²) in [6.45, 7) is 0.680. The van der Waals surface area contributed by atoms with Crippen LogP contribution in [0, 0.1) is 0 Å². The summed E-state index contributed by atoms with van der Waals surface area (Å²) in [5.74, 6) is -0.165. The van der Waals surface area contributed by atoms with Gasteiger partial charge in [0.05, 0.1) is 0 Å². The summed E-state index contributed by atoms with van der Waals surface area (Å²) in [7, 11) is 0. The highest BCUT2D eigenvalue weighted by Gasteiger charge is 2.33. The molecule has 1 amide bonds. The molecule has 0 radical (unpaired) electrons. The fourth-order valence-corrected chi connectivity index (χ4v) is 3.32. The quantitative estimate of drug-likeness (QED) is 0.873. The minimum absolute atomic E-state index is 0.165. The summed E-state index contributed by atoms with van der Waals surface area (Å²) in [4.78, 5) is 25.6. The number of H-pyrrole nitrogens is 1. The van der Waals surface area contributed by atoms with E-state index in [0.717, 1.165) is 12.8 Å². The fourth-order valence-electron chi connectivity index (χ4n) is 2.40. The molecular formula is C13H18N2O2S. The van der Waals surface area contributed by atoms with Gasteiger partial charge in [-0.25, -0.2) is 0 Å². The summed E-state index contributed by atoms with van der Waals surface area (Å²) in [5, 5.41) is 2.95. The molecule has 5 heteroatoms. The molecule has 2 N–H and O–H groups in total. The third-order valence-electron chi connectivity index (χ3n) is 3.56. The number of hydrogen-bond donors (Lipinski definition) is 2. The molecule has 0 bridgehead atoms. The molecule has 1 aromatic rings. The Kier molecular flexibility index (Phi) is 4.11. The van der Waals surface area contributed by atoms with Gasteiger partial charge < -0.3 is 10.3 Å². The second-order valence-electron chi connectivity index (χ2n) is 4.72.